The van der Waals surface area contributed by atoms with Crippen LogP contribution in [0.2, 0.25) is 0 Å². The molecule has 1 aliphatic rings. The highest BCUT2D eigenvalue weighted by molar-refractivity contribution is 8.13. The predicted octanol–water partition coefficient (Wildman–Crippen LogP) is 2.41. The highest BCUT2D eigenvalue weighted by Gasteiger charge is 2.22. The van der Waals surface area contributed by atoms with Crippen LogP contribution in [0.15, 0.2) is 23.2 Å². The first kappa shape index (κ1) is 14.4. The van der Waals surface area contributed by atoms with Gasteiger partial charge in [-0.15, -0.1) is 0 Å². The maximum absolute atomic E-state index is 11.8. The largest absolute Gasteiger partial charge is 0.312 e. The summed E-state index contributed by atoms with van der Waals surface area (Å²) in [6.07, 6.45) is 5.01. The monoisotopic (exact) mass is 288 g/mol. The maximum Gasteiger partial charge on any atom is 0.227 e. The number of nitrogens with zero attached hydrogens (tertiary/aromatic N) is 3. The Bertz CT molecular complexity index is 591. The Morgan fingerprint density at radius 3 is 3.00 bits per heavy atom. The molecule has 0 atom stereocenters. The molecule has 104 valence electrons. The molecule has 0 aromatic heterocycles. The highest BCUT2D eigenvalue weighted by Crippen LogP contribution is 2.31. The molecule has 0 saturated carbocycles. The second-order valence-electron chi connectivity index (χ2n) is 4.31. The van der Waals surface area contributed by atoms with E-state index in [1.165, 1.54) is 11.8 Å². The second kappa shape index (κ2) is 6.44. The number of carbonyl (C=O) groups is 1. The molecule has 0 aliphatic carbocycles. The molecule has 0 radical (unpaired) electrons. The van der Waals surface area contributed by atoms with Crippen LogP contribution in [-0.2, 0) is 11.2 Å². The smallest absolute Gasteiger partial charge is 0.227 e. The summed E-state index contributed by atoms with van der Waals surface area (Å²) in [4.78, 5) is 18.0. The number of aliphatic imine (C=N–C) groups is 1. The van der Waals surface area contributed by atoms with Gasteiger partial charge in [-0.3, -0.25) is 10.1 Å². The van der Waals surface area contributed by atoms with E-state index in [4.69, 9.17) is 5.26 Å². The van der Waals surface area contributed by atoms with Gasteiger partial charge in [0.2, 0.25) is 5.91 Å². The van der Waals surface area contributed by atoms with Crippen LogP contribution in [-0.4, -0.2) is 23.9 Å². The molecule has 0 spiro atoms. The fraction of sp³-hybridized carbons (Fsp3) is 0.357. The molecule has 0 fully saturated rings. The molecule has 1 aromatic rings. The lowest BCUT2D eigenvalue weighted by Crippen LogP contribution is -2.34. The molecule has 20 heavy (non-hydrogen) atoms. The van der Waals surface area contributed by atoms with Crippen molar-refractivity contribution >= 4 is 34.2 Å². The number of aryl methyl sites for hydroxylation is 1. The van der Waals surface area contributed by atoms with E-state index in [9.17, 15) is 4.79 Å². The SMILES string of the molecule is CCN1C(=O)CCc2cc(N=C(NC#N)SC)ccc21. The number of amides is 1. The van der Waals surface area contributed by atoms with Crippen LogP contribution in [0.3, 0.4) is 0 Å². The van der Waals surface area contributed by atoms with Gasteiger partial charge < -0.3 is 4.90 Å². The van der Waals surface area contributed by atoms with Gasteiger partial charge in [-0.25, -0.2) is 4.99 Å². The first-order valence-corrected chi connectivity index (χ1v) is 7.63. The van der Waals surface area contributed by atoms with E-state index in [1.54, 1.807) is 4.90 Å². The van der Waals surface area contributed by atoms with Crippen LogP contribution >= 0.6 is 11.8 Å². The predicted molar refractivity (Wildman–Crippen MR) is 82.1 cm³/mol. The summed E-state index contributed by atoms with van der Waals surface area (Å²) < 4.78 is 0. The summed E-state index contributed by atoms with van der Waals surface area (Å²) in [7, 11) is 0. The standard InChI is InChI=1S/C14H16N4OS/c1-3-18-12-6-5-11(17-14(20-2)16-9-15)8-10(12)4-7-13(18)19/h5-6,8H,3-4,7H2,1-2H3,(H,16,17). The topological polar surface area (TPSA) is 68.5 Å². The number of thioether (sulfide) groups is 1. The van der Waals surface area contributed by atoms with Gasteiger partial charge in [0.05, 0.1) is 5.69 Å². The van der Waals surface area contributed by atoms with Crippen LogP contribution in [0.5, 0.6) is 0 Å². The number of amidine groups is 1. The van der Waals surface area contributed by atoms with Crippen molar-refractivity contribution in [1.82, 2.24) is 5.32 Å². The summed E-state index contributed by atoms with van der Waals surface area (Å²) in [5, 5.41) is 11.7. The number of nitrogens with one attached hydrogen (secondary N) is 1. The summed E-state index contributed by atoms with van der Waals surface area (Å²) in [5.41, 5.74) is 2.90. The zero-order valence-electron chi connectivity index (χ0n) is 11.5. The van der Waals surface area contributed by atoms with Crippen molar-refractivity contribution in [3.63, 3.8) is 0 Å². The number of carbonyl (C=O) groups excluding carboxylic acids is 1. The van der Waals surface area contributed by atoms with E-state index in [-0.39, 0.29) is 5.91 Å². The van der Waals surface area contributed by atoms with Gasteiger partial charge in [0.1, 0.15) is 0 Å². The number of nitriles is 1. The lowest BCUT2D eigenvalue weighted by atomic mass is 10.0. The van der Waals surface area contributed by atoms with Gasteiger partial charge in [0, 0.05) is 18.7 Å². The zero-order valence-corrected chi connectivity index (χ0v) is 12.3. The minimum Gasteiger partial charge on any atom is -0.312 e. The lowest BCUT2D eigenvalue weighted by Gasteiger charge is -2.28. The van der Waals surface area contributed by atoms with Gasteiger partial charge in [0.15, 0.2) is 11.4 Å². The van der Waals surface area contributed by atoms with Crippen molar-refractivity contribution in [1.29, 1.82) is 5.26 Å². The molecule has 0 bridgehead atoms. The average Bonchev–Trinajstić information content (AvgIpc) is 2.47. The third-order valence-corrected chi connectivity index (χ3v) is 3.75. The Morgan fingerprint density at radius 1 is 1.55 bits per heavy atom. The quantitative estimate of drug-likeness (QED) is 0.393. The van der Waals surface area contributed by atoms with Gasteiger partial charge in [0.25, 0.3) is 0 Å². The highest BCUT2D eigenvalue weighted by atomic mass is 32.2. The third-order valence-electron chi connectivity index (χ3n) is 3.17. The molecule has 1 N–H and O–H groups in total. The number of hydrogen-bond donors (Lipinski definition) is 1. The van der Waals surface area contributed by atoms with Gasteiger partial charge in [-0.2, -0.15) is 5.26 Å². The molecule has 6 heteroatoms. The Hall–Kier alpha value is -2.00. The van der Waals surface area contributed by atoms with E-state index in [0.29, 0.717) is 18.1 Å². The third kappa shape index (κ3) is 2.94. The fourth-order valence-corrected chi connectivity index (χ4v) is 2.60. The number of fused-ring (bicyclic) bond motifs is 1. The van der Waals surface area contributed by atoms with Gasteiger partial charge in [-0.1, -0.05) is 11.8 Å². The lowest BCUT2D eigenvalue weighted by molar-refractivity contribution is -0.118. The zero-order chi connectivity index (χ0) is 14.5. The Kier molecular flexibility index (Phi) is 4.64. The Balaban J connectivity index is 2.33. The number of anilines is 1. The van der Waals surface area contributed by atoms with Crippen molar-refractivity contribution < 1.29 is 4.79 Å². The first-order valence-electron chi connectivity index (χ1n) is 6.40. The minimum atomic E-state index is 0.173. The average molecular weight is 288 g/mol. The Labute approximate surface area is 122 Å². The molecule has 0 unspecified atom stereocenters. The van der Waals surface area contributed by atoms with E-state index in [2.05, 4.69) is 10.3 Å². The van der Waals surface area contributed by atoms with Crippen LogP contribution in [0.4, 0.5) is 11.4 Å². The van der Waals surface area contributed by atoms with E-state index < -0.39 is 0 Å². The van der Waals surface area contributed by atoms with Crippen LogP contribution in [0, 0.1) is 11.5 Å². The van der Waals surface area contributed by atoms with Gasteiger partial charge >= 0.3 is 0 Å². The molecule has 0 saturated heterocycles. The van der Waals surface area contributed by atoms with Crippen LogP contribution in [0.25, 0.3) is 0 Å². The second-order valence-corrected chi connectivity index (χ2v) is 5.10. The van der Waals surface area contributed by atoms with E-state index >= 15 is 0 Å². The Morgan fingerprint density at radius 2 is 2.35 bits per heavy atom. The van der Waals surface area contributed by atoms with Crippen molar-refractivity contribution in [3.05, 3.63) is 23.8 Å². The minimum absolute atomic E-state index is 0.173. The van der Waals surface area contributed by atoms with Crippen molar-refractivity contribution in [2.45, 2.75) is 19.8 Å². The molecular formula is C14H16N4OS. The van der Waals surface area contributed by atoms with Crippen LogP contribution in [0.1, 0.15) is 18.9 Å². The molecule has 1 amide bonds. The van der Waals surface area contributed by atoms with Gasteiger partial charge in [-0.05, 0) is 43.4 Å². The number of benzene rings is 1. The number of rotatable bonds is 2. The summed E-state index contributed by atoms with van der Waals surface area (Å²) in [5.74, 6) is 0.173. The molecule has 5 nitrogen and oxygen atoms in total. The molecule has 1 aliphatic heterocycles. The number of hydrogen-bond acceptors (Lipinski definition) is 4. The van der Waals surface area contributed by atoms with E-state index in [0.717, 1.165) is 23.4 Å². The summed E-state index contributed by atoms with van der Waals surface area (Å²) in [6, 6.07) is 5.79. The molecule has 2 rings (SSSR count). The summed E-state index contributed by atoms with van der Waals surface area (Å²) >= 11 is 1.38. The molecular weight excluding hydrogens is 272 g/mol. The van der Waals surface area contributed by atoms with Crippen molar-refractivity contribution in [2.75, 3.05) is 17.7 Å². The first-order chi connectivity index (χ1) is 9.69. The maximum atomic E-state index is 11.8. The molecule has 1 aromatic carbocycles. The van der Waals surface area contributed by atoms with Crippen molar-refractivity contribution in [3.8, 4) is 6.19 Å². The normalized spacial score (nSPS) is 14.8. The summed E-state index contributed by atoms with van der Waals surface area (Å²) in [6.45, 7) is 2.65. The van der Waals surface area contributed by atoms with Crippen LogP contribution < -0.4 is 10.2 Å². The molecule has 1 heterocycles. The van der Waals surface area contributed by atoms with Crippen molar-refractivity contribution in [2.24, 2.45) is 4.99 Å². The fourth-order valence-electron chi connectivity index (χ4n) is 2.25. The van der Waals surface area contributed by atoms with E-state index in [1.807, 2.05) is 37.6 Å².